The quantitative estimate of drug-likeness (QED) is 0.819. The van der Waals surface area contributed by atoms with Crippen molar-refractivity contribution in [3.8, 4) is 5.75 Å². The van der Waals surface area contributed by atoms with Crippen LogP contribution in [0.1, 0.15) is 18.4 Å². The van der Waals surface area contributed by atoms with E-state index in [0.717, 1.165) is 12.8 Å². The van der Waals surface area contributed by atoms with Crippen molar-refractivity contribution in [3.05, 3.63) is 29.6 Å². The first-order valence-corrected chi connectivity index (χ1v) is 7.48. The maximum Gasteiger partial charge on any atom is 0.217 e. The summed E-state index contributed by atoms with van der Waals surface area (Å²) in [5.41, 5.74) is 0.594. The first-order valence-electron chi connectivity index (χ1n) is 5.97. The van der Waals surface area contributed by atoms with E-state index in [1.807, 2.05) is 0 Å². The number of hydrogen-bond donors (Lipinski definition) is 0. The van der Waals surface area contributed by atoms with Crippen LogP contribution in [0, 0.1) is 5.82 Å². The normalized spacial score (nSPS) is 20.9. The Morgan fingerprint density at radius 2 is 2.11 bits per heavy atom. The summed E-state index contributed by atoms with van der Waals surface area (Å²) < 4.78 is 44.4. The van der Waals surface area contributed by atoms with Crippen molar-refractivity contribution >= 4 is 10.0 Å². The van der Waals surface area contributed by atoms with Gasteiger partial charge in [-0.1, -0.05) is 0 Å². The predicted molar refractivity (Wildman–Crippen MR) is 64.2 cm³/mol. The fraction of sp³-hybridized carbons (Fsp3) is 0.500. The van der Waals surface area contributed by atoms with Crippen LogP contribution in [0.15, 0.2) is 18.2 Å². The lowest BCUT2D eigenvalue weighted by atomic mass is 10.2. The van der Waals surface area contributed by atoms with Gasteiger partial charge in [-0.25, -0.2) is 12.8 Å². The van der Waals surface area contributed by atoms with E-state index in [0.29, 0.717) is 24.5 Å². The Morgan fingerprint density at radius 3 is 2.83 bits per heavy atom. The van der Waals surface area contributed by atoms with Crippen LogP contribution >= 0.6 is 0 Å². The van der Waals surface area contributed by atoms with Crippen LogP contribution in [-0.2, 0) is 16.6 Å². The molecule has 0 radical (unpaired) electrons. The average molecular weight is 271 g/mol. The molecule has 3 rings (SSSR count). The zero-order chi connectivity index (χ0) is 12.8. The number of hydrogen-bond acceptors (Lipinski definition) is 3. The lowest BCUT2D eigenvalue weighted by Crippen LogP contribution is -2.34. The Bertz CT molecular complexity index is 569. The average Bonchev–Trinajstić information content (AvgIpc) is 3.15. The van der Waals surface area contributed by atoms with Crippen molar-refractivity contribution in [2.75, 3.05) is 13.2 Å². The zero-order valence-corrected chi connectivity index (χ0v) is 10.6. The molecule has 1 aliphatic carbocycles. The second-order valence-electron chi connectivity index (χ2n) is 4.68. The smallest absolute Gasteiger partial charge is 0.217 e. The van der Waals surface area contributed by atoms with Gasteiger partial charge in [0.1, 0.15) is 18.2 Å². The van der Waals surface area contributed by atoms with Gasteiger partial charge in [0.15, 0.2) is 0 Å². The van der Waals surface area contributed by atoms with Gasteiger partial charge < -0.3 is 4.74 Å². The molecule has 0 spiro atoms. The van der Waals surface area contributed by atoms with Gasteiger partial charge in [0.25, 0.3) is 0 Å². The van der Waals surface area contributed by atoms with Crippen LogP contribution in [0.5, 0.6) is 5.75 Å². The minimum atomic E-state index is -3.24. The molecule has 0 bridgehead atoms. The highest BCUT2D eigenvalue weighted by Crippen LogP contribution is 2.33. The van der Waals surface area contributed by atoms with Crippen LogP contribution in [0.3, 0.4) is 0 Å². The highest BCUT2D eigenvalue weighted by molar-refractivity contribution is 7.90. The van der Waals surface area contributed by atoms with E-state index in [4.69, 9.17) is 4.74 Å². The van der Waals surface area contributed by atoms with Gasteiger partial charge in [0.05, 0.1) is 5.25 Å². The monoisotopic (exact) mass is 271 g/mol. The molecule has 2 aliphatic rings. The minimum absolute atomic E-state index is 0.200. The van der Waals surface area contributed by atoms with Gasteiger partial charge in [0.2, 0.25) is 10.0 Å². The molecule has 1 aliphatic heterocycles. The number of halogens is 1. The van der Waals surface area contributed by atoms with E-state index >= 15 is 0 Å². The Balaban J connectivity index is 1.92. The summed E-state index contributed by atoms with van der Waals surface area (Å²) >= 11 is 0. The topological polar surface area (TPSA) is 46.6 Å². The van der Waals surface area contributed by atoms with Gasteiger partial charge in [0, 0.05) is 18.7 Å². The highest BCUT2D eigenvalue weighted by Gasteiger charge is 2.40. The predicted octanol–water partition coefficient (Wildman–Crippen LogP) is 1.51. The zero-order valence-electron chi connectivity index (χ0n) is 9.80. The van der Waals surface area contributed by atoms with E-state index in [9.17, 15) is 12.8 Å². The molecule has 0 saturated heterocycles. The largest absolute Gasteiger partial charge is 0.492 e. The molecular weight excluding hydrogens is 257 g/mol. The molecule has 0 aromatic heterocycles. The summed E-state index contributed by atoms with van der Waals surface area (Å²) in [5.74, 6) is 0.202. The van der Waals surface area contributed by atoms with Gasteiger partial charge >= 0.3 is 0 Å². The molecule has 0 unspecified atom stereocenters. The first-order chi connectivity index (χ1) is 8.57. The van der Waals surface area contributed by atoms with Gasteiger partial charge in [-0.3, -0.25) is 0 Å². The Morgan fingerprint density at radius 1 is 1.33 bits per heavy atom. The minimum Gasteiger partial charge on any atom is -0.492 e. The second kappa shape index (κ2) is 4.20. The number of nitrogens with zero attached hydrogens (tertiary/aromatic N) is 1. The van der Waals surface area contributed by atoms with Gasteiger partial charge in [-0.05, 0) is 31.0 Å². The highest BCUT2D eigenvalue weighted by atomic mass is 32.2. The second-order valence-corrected chi connectivity index (χ2v) is 6.89. The van der Waals surface area contributed by atoms with Crippen molar-refractivity contribution in [3.63, 3.8) is 0 Å². The Kier molecular flexibility index (Phi) is 2.79. The van der Waals surface area contributed by atoms with Crippen molar-refractivity contribution in [1.29, 1.82) is 0 Å². The van der Waals surface area contributed by atoms with Crippen molar-refractivity contribution in [2.45, 2.75) is 24.6 Å². The third-order valence-corrected chi connectivity index (χ3v) is 5.62. The summed E-state index contributed by atoms with van der Waals surface area (Å²) in [6.07, 6.45) is 1.46. The number of fused-ring (bicyclic) bond motifs is 1. The van der Waals surface area contributed by atoms with Crippen molar-refractivity contribution < 1.29 is 17.5 Å². The SMILES string of the molecule is O=S(=O)(C1CC1)N1CCOc2ccc(F)cc2C1. The molecule has 0 N–H and O–H groups in total. The third-order valence-electron chi connectivity index (χ3n) is 3.27. The van der Waals surface area contributed by atoms with Crippen LogP contribution in [0.25, 0.3) is 0 Å². The van der Waals surface area contributed by atoms with Crippen molar-refractivity contribution in [2.24, 2.45) is 0 Å². The maximum atomic E-state index is 13.2. The van der Waals surface area contributed by atoms with Crippen LogP contribution in [0.2, 0.25) is 0 Å². The van der Waals surface area contributed by atoms with Crippen molar-refractivity contribution in [1.82, 2.24) is 4.31 Å². The Hall–Kier alpha value is -1.14. The summed E-state index contributed by atoms with van der Waals surface area (Å²) in [7, 11) is -3.24. The molecule has 1 aromatic carbocycles. The third kappa shape index (κ3) is 2.10. The first kappa shape index (κ1) is 11.9. The fourth-order valence-electron chi connectivity index (χ4n) is 2.13. The lowest BCUT2D eigenvalue weighted by Gasteiger charge is -2.19. The summed E-state index contributed by atoms with van der Waals surface area (Å²) in [6, 6.07) is 4.22. The van der Waals surface area contributed by atoms with Crippen LogP contribution in [-0.4, -0.2) is 31.1 Å². The number of benzene rings is 1. The summed E-state index contributed by atoms with van der Waals surface area (Å²) in [6.45, 7) is 0.839. The van der Waals surface area contributed by atoms with Gasteiger partial charge in [-0.2, -0.15) is 4.31 Å². The van der Waals surface area contributed by atoms with E-state index < -0.39 is 10.0 Å². The molecule has 0 atom stereocenters. The molecule has 4 nitrogen and oxygen atoms in total. The number of rotatable bonds is 2. The van der Waals surface area contributed by atoms with Crippen LogP contribution in [0.4, 0.5) is 4.39 Å². The fourth-order valence-corrected chi connectivity index (χ4v) is 3.93. The lowest BCUT2D eigenvalue weighted by molar-refractivity contribution is 0.292. The number of ether oxygens (including phenoxy) is 1. The molecule has 1 heterocycles. The Labute approximate surface area is 105 Å². The standard InChI is InChI=1S/C12H14FNO3S/c13-10-1-4-12-9(7-10)8-14(5-6-17-12)18(15,16)11-2-3-11/h1,4,7,11H,2-3,5-6,8H2. The molecular formula is C12H14FNO3S. The molecule has 0 amide bonds. The summed E-state index contributed by atoms with van der Waals surface area (Å²) in [4.78, 5) is 0. The van der Waals surface area contributed by atoms with Crippen LogP contribution < -0.4 is 4.74 Å². The number of sulfonamides is 1. The molecule has 1 aromatic rings. The molecule has 98 valence electrons. The van der Waals surface area contributed by atoms with Gasteiger partial charge in [-0.15, -0.1) is 0 Å². The molecule has 1 saturated carbocycles. The van der Waals surface area contributed by atoms with E-state index in [2.05, 4.69) is 0 Å². The van der Waals surface area contributed by atoms with E-state index in [-0.39, 0.29) is 17.6 Å². The molecule has 18 heavy (non-hydrogen) atoms. The van der Waals surface area contributed by atoms with E-state index in [1.54, 1.807) is 6.07 Å². The summed E-state index contributed by atoms with van der Waals surface area (Å²) in [5, 5.41) is -0.243. The van der Waals surface area contributed by atoms with E-state index in [1.165, 1.54) is 16.4 Å². The molecule has 1 fully saturated rings. The maximum absolute atomic E-state index is 13.2. The molecule has 6 heteroatoms.